The largest absolute Gasteiger partial charge is 0.340 e. The summed E-state index contributed by atoms with van der Waals surface area (Å²) in [5.41, 5.74) is 3.60. The number of anilines is 2. The summed E-state index contributed by atoms with van der Waals surface area (Å²) in [5.74, 6) is 0.0205. The first-order valence-electron chi connectivity index (χ1n) is 11.2. The monoisotopic (exact) mass is 434 g/mol. The summed E-state index contributed by atoms with van der Waals surface area (Å²) in [5, 5.41) is 2.89. The van der Waals surface area contributed by atoms with Gasteiger partial charge in [-0.3, -0.25) is 19.3 Å². The molecule has 1 atom stereocenters. The van der Waals surface area contributed by atoms with E-state index in [-0.39, 0.29) is 36.7 Å². The molecular weight excluding hydrogens is 404 g/mol. The SMILES string of the molecule is Cc1ccccc1CC(=O)N1CCN(CC(=O)N2c3ccccc3NC(=O)CC2C)CC1. The molecule has 0 bridgehead atoms. The number of piperazine rings is 1. The maximum absolute atomic E-state index is 13.3. The quantitative estimate of drug-likeness (QED) is 0.802. The Morgan fingerprint density at radius 3 is 2.41 bits per heavy atom. The second kappa shape index (κ2) is 9.53. The summed E-state index contributed by atoms with van der Waals surface area (Å²) in [6.45, 7) is 6.75. The van der Waals surface area contributed by atoms with Crippen molar-refractivity contribution >= 4 is 29.1 Å². The number of hydrogen-bond acceptors (Lipinski definition) is 4. The van der Waals surface area contributed by atoms with Crippen molar-refractivity contribution in [2.45, 2.75) is 32.7 Å². The normalized spacial score (nSPS) is 19.2. The van der Waals surface area contributed by atoms with Gasteiger partial charge >= 0.3 is 0 Å². The number of benzene rings is 2. The Labute approximate surface area is 189 Å². The molecule has 3 amide bonds. The maximum atomic E-state index is 13.3. The molecule has 0 aliphatic carbocycles. The van der Waals surface area contributed by atoms with E-state index in [0.717, 1.165) is 16.8 Å². The van der Waals surface area contributed by atoms with Crippen LogP contribution in [-0.2, 0) is 20.8 Å². The summed E-state index contributed by atoms with van der Waals surface area (Å²) in [6, 6.07) is 15.2. The van der Waals surface area contributed by atoms with E-state index in [1.165, 1.54) is 0 Å². The van der Waals surface area contributed by atoms with Crippen molar-refractivity contribution in [2.75, 3.05) is 42.9 Å². The highest BCUT2D eigenvalue weighted by atomic mass is 16.2. The zero-order valence-electron chi connectivity index (χ0n) is 18.7. The topological polar surface area (TPSA) is 73.0 Å². The van der Waals surface area contributed by atoms with Gasteiger partial charge in [-0.2, -0.15) is 0 Å². The van der Waals surface area contributed by atoms with Crippen LogP contribution < -0.4 is 10.2 Å². The first-order chi connectivity index (χ1) is 15.4. The van der Waals surface area contributed by atoms with Crippen LogP contribution in [-0.4, -0.2) is 66.3 Å². The number of rotatable bonds is 4. The zero-order valence-corrected chi connectivity index (χ0v) is 18.7. The molecule has 2 heterocycles. The Balaban J connectivity index is 1.36. The Bertz CT molecular complexity index is 1010. The van der Waals surface area contributed by atoms with Gasteiger partial charge in [0.05, 0.1) is 24.3 Å². The third kappa shape index (κ3) is 4.83. The Morgan fingerprint density at radius 1 is 0.969 bits per heavy atom. The fourth-order valence-electron chi connectivity index (χ4n) is 4.47. The first-order valence-corrected chi connectivity index (χ1v) is 11.2. The van der Waals surface area contributed by atoms with E-state index in [4.69, 9.17) is 0 Å². The summed E-state index contributed by atoms with van der Waals surface area (Å²) in [7, 11) is 0. The lowest BCUT2D eigenvalue weighted by Gasteiger charge is -2.36. The molecule has 0 radical (unpaired) electrons. The number of carbonyl (C=O) groups excluding carboxylic acids is 3. The Kier molecular flexibility index (Phi) is 6.55. The summed E-state index contributed by atoms with van der Waals surface area (Å²) in [6.07, 6.45) is 0.677. The van der Waals surface area contributed by atoms with Crippen LogP contribution in [0.5, 0.6) is 0 Å². The van der Waals surface area contributed by atoms with Crippen LogP contribution in [0.4, 0.5) is 11.4 Å². The standard InChI is InChI=1S/C25H30N4O3/c1-18-7-3-4-8-20(18)16-24(31)28-13-11-27(12-14-28)17-25(32)29-19(2)15-23(30)26-21-9-5-6-10-22(21)29/h3-10,19H,11-17H2,1-2H3,(H,26,30). The maximum Gasteiger partial charge on any atom is 0.241 e. The molecular formula is C25H30N4O3. The molecule has 4 rings (SSSR count). The summed E-state index contributed by atoms with van der Waals surface area (Å²) >= 11 is 0. The summed E-state index contributed by atoms with van der Waals surface area (Å²) in [4.78, 5) is 43.9. The van der Waals surface area contributed by atoms with Crippen LogP contribution in [0.3, 0.4) is 0 Å². The molecule has 1 saturated heterocycles. The van der Waals surface area contributed by atoms with Gasteiger partial charge in [0.1, 0.15) is 0 Å². The van der Waals surface area contributed by atoms with E-state index >= 15 is 0 Å². The molecule has 1 fully saturated rings. The van der Waals surface area contributed by atoms with Gasteiger partial charge in [-0.1, -0.05) is 36.4 Å². The molecule has 1 N–H and O–H groups in total. The average Bonchev–Trinajstić information content (AvgIpc) is 2.89. The fourth-order valence-corrected chi connectivity index (χ4v) is 4.47. The number of aryl methyl sites for hydroxylation is 1. The number of para-hydroxylation sites is 2. The van der Waals surface area contributed by atoms with Crippen molar-refractivity contribution in [3.63, 3.8) is 0 Å². The third-order valence-electron chi connectivity index (χ3n) is 6.31. The van der Waals surface area contributed by atoms with Gasteiger partial charge in [-0.15, -0.1) is 0 Å². The third-order valence-corrected chi connectivity index (χ3v) is 6.31. The lowest BCUT2D eigenvalue weighted by molar-refractivity contribution is -0.132. The van der Waals surface area contributed by atoms with Gasteiger partial charge in [0.2, 0.25) is 17.7 Å². The minimum atomic E-state index is -0.219. The van der Waals surface area contributed by atoms with Gasteiger partial charge in [0, 0.05) is 38.6 Å². The minimum Gasteiger partial charge on any atom is -0.340 e. The van der Waals surface area contributed by atoms with Gasteiger partial charge in [0.25, 0.3) is 0 Å². The van der Waals surface area contributed by atoms with E-state index < -0.39 is 0 Å². The lowest BCUT2D eigenvalue weighted by atomic mass is 10.1. The second-order valence-electron chi connectivity index (χ2n) is 8.64. The number of carbonyl (C=O) groups is 3. The van der Waals surface area contributed by atoms with Crippen molar-refractivity contribution in [1.82, 2.24) is 9.80 Å². The van der Waals surface area contributed by atoms with E-state index in [2.05, 4.69) is 10.2 Å². The smallest absolute Gasteiger partial charge is 0.241 e. The first kappa shape index (κ1) is 22.0. The van der Waals surface area contributed by atoms with Crippen LogP contribution in [0.2, 0.25) is 0 Å². The molecule has 7 nitrogen and oxygen atoms in total. The molecule has 7 heteroatoms. The van der Waals surface area contributed by atoms with Crippen molar-refractivity contribution in [2.24, 2.45) is 0 Å². The van der Waals surface area contributed by atoms with Crippen LogP contribution in [0.25, 0.3) is 0 Å². The highest BCUT2D eigenvalue weighted by Gasteiger charge is 2.31. The minimum absolute atomic E-state index is 0.0267. The number of fused-ring (bicyclic) bond motifs is 1. The van der Waals surface area contributed by atoms with E-state index in [1.54, 1.807) is 4.90 Å². The molecule has 2 aliphatic rings. The van der Waals surface area contributed by atoms with Crippen LogP contribution in [0, 0.1) is 6.92 Å². The van der Waals surface area contributed by atoms with Crippen molar-refractivity contribution in [1.29, 1.82) is 0 Å². The predicted molar refractivity (Wildman–Crippen MR) is 125 cm³/mol. The number of hydrogen-bond donors (Lipinski definition) is 1. The van der Waals surface area contributed by atoms with Crippen molar-refractivity contribution < 1.29 is 14.4 Å². The molecule has 0 spiro atoms. The molecule has 0 aromatic heterocycles. The highest BCUT2D eigenvalue weighted by Crippen LogP contribution is 2.31. The van der Waals surface area contributed by atoms with Crippen LogP contribution in [0.1, 0.15) is 24.5 Å². The van der Waals surface area contributed by atoms with Gasteiger partial charge in [0.15, 0.2) is 0 Å². The number of nitrogens with zero attached hydrogens (tertiary/aromatic N) is 3. The highest BCUT2D eigenvalue weighted by molar-refractivity contribution is 6.04. The van der Waals surface area contributed by atoms with E-state index in [1.807, 2.05) is 67.3 Å². The van der Waals surface area contributed by atoms with Gasteiger partial charge in [-0.25, -0.2) is 0 Å². The predicted octanol–water partition coefficient (Wildman–Crippen LogP) is 2.45. The number of amides is 3. The fraction of sp³-hybridized carbons (Fsp3) is 0.400. The Morgan fingerprint density at radius 2 is 1.66 bits per heavy atom. The summed E-state index contributed by atoms with van der Waals surface area (Å²) < 4.78 is 0. The van der Waals surface area contributed by atoms with Gasteiger partial charge < -0.3 is 15.1 Å². The second-order valence-corrected chi connectivity index (χ2v) is 8.64. The van der Waals surface area contributed by atoms with E-state index in [0.29, 0.717) is 38.3 Å². The van der Waals surface area contributed by atoms with Crippen LogP contribution in [0.15, 0.2) is 48.5 Å². The molecule has 32 heavy (non-hydrogen) atoms. The van der Waals surface area contributed by atoms with Crippen molar-refractivity contribution in [3.8, 4) is 0 Å². The lowest BCUT2D eigenvalue weighted by Crippen LogP contribution is -2.52. The molecule has 168 valence electrons. The molecule has 2 aliphatic heterocycles. The van der Waals surface area contributed by atoms with E-state index in [9.17, 15) is 14.4 Å². The van der Waals surface area contributed by atoms with Crippen molar-refractivity contribution in [3.05, 3.63) is 59.7 Å². The van der Waals surface area contributed by atoms with Crippen LogP contribution >= 0.6 is 0 Å². The Hall–Kier alpha value is -3.19. The van der Waals surface area contributed by atoms with Gasteiger partial charge in [-0.05, 0) is 37.1 Å². The zero-order chi connectivity index (χ0) is 22.7. The average molecular weight is 435 g/mol. The number of nitrogens with one attached hydrogen (secondary N) is 1. The molecule has 2 aromatic carbocycles. The molecule has 0 saturated carbocycles. The molecule has 2 aromatic rings. The molecule has 1 unspecified atom stereocenters.